The Morgan fingerprint density at radius 2 is 1.64 bits per heavy atom. The first kappa shape index (κ1) is 18.6. The highest BCUT2D eigenvalue weighted by molar-refractivity contribution is 5.94. The van der Waals surface area contributed by atoms with Crippen molar-refractivity contribution >= 4 is 11.8 Å². The molecular formula is C20H23FN2O2. The summed E-state index contributed by atoms with van der Waals surface area (Å²) in [7, 11) is 0. The fourth-order valence-corrected chi connectivity index (χ4v) is 2.45. The summed E-state index contributed by atoms with van der Waals surface area (Å²) in [5.74, 6) is -0.472. The number of carbonyl (C=O) groups excluding carboxylic acids is 2. The summed E-state index contributed by atoms with van der Waals surface area (Å²) in [6.07, 6.45) is 0.645. The molecule has 0 unspecified atom stereocenters. The van der Waals surface area contributed by atoms with E-state index in [0.29, 0.717) is 31.6 Å². The highest BCUT2D eigenvalue weighted by Gasteiger charge is 2.10. The molecule has 0 aliphatic rings. The minimum Gasteiger partial charge on any atom is -0.350 e. The SMILES string of the molecule is CC(=O)N(CCNC(=O)c1ccc(C)cc1)CCc1ccc(F)cc1. The maximum Gasteiger partial charge on any atom is 0.251 e. The lowest BCUT2D eigenvalue weighted by Gasteiger charge is -2.21. The van der Waals surface area contributed by atoms with Gasteiger partial charge >= 0.3 is 0 Å². The van der Waals surface area contributed by atoms with Gasteiger partial charge in [0.1, 0.15) is 5.82 Å². The molecule has 2 aromatic carbocycles. The van der Waals surface area contributed by atoms with E-state index >= 15 is 0 Å². The monoisotopic (exact) mass is 342 g/mol. The summed E-state index contributed by atoms with van der Waals surface area (Å²) in [6.45, 7) is 4.82. The molecule has 0 radical (unpaired) electrons. The summed E-state index contributed by atoms with van der Waals surface area (Å²) in [4.78, 5) is 25.5. The van der Waals surface area contributed by atoms with Gasteiger partial charge < -0.3 is 10.2 Å². The first-order valence-electron chi connectivity index (χ1n) is 8.30. The predicted octanol–water partition coefficient (Wildman–Crippen LogP) is 2.96. The molecule has 0 aliphatic carbocycles. The number of rotatable bonds is 7. The summed E-state index contributed by atoms with van der Waals surface area (Å²) in [6, 6.07) is 13.6. The average molecular weight is 342 g/mol. The highest BCUT2D eigenvalue weighted by Crippen LogP contribution is 2.05. The van der Waals surface area contributed by atoms with Crippen LogP contribution in [0.3, 0.4) is 0 Å². The van der Waals surface area contributed by atoms with E-state index in [4.69, 9.17) is 0 Å². The summed E-state index contributed by atoms with van der Waals surface area (Å²) in [5.41, 5.74) is 2.67. The van der Waals surface area contributed by atoms with Gasteiger partial charge in [0.25, 0.3) is 5.91 Å². The lowest BCUT2D eigenvalue weighted by atomic mass is 10.1. The van der Waals surface area contributed by atoms with Gasteiger partial charge in [-0.15, -0.1) is 0 Å². The first-order chi connectivity index (χ1) is 12.0. The molecule has 0 saturated carbocycles. The fraction of sp³-hybridized carbons (Fsp3) is 0.300. The van der Waals surface area contributed by atoms with Crippen LogP contribution in [0.4, 0.5) is 4.39 Å². The van der Waals surface area contributed by atoms with Gasteiger partial charge in [0.2, 0.25) is 5.91 Å². The molecule has 2 aromatic rings. The smallest absolute Gasteiger partial charge is 0.251 e. The van der Waals surface area contributed by atoms with Crippen molar-refractivity contribution in [3.63, 3.8) is 0 Å². The van der Waals surface area contributed by atoms with Crippen LogP contribution in [0.1, 0.15) is 28.4 Å². The van der Waals surface area contributed by atoms with E-state index in [2.05, 4.69) is 5.32 Å². The number of hydrogen-bond donors (Lipinski definition) is 1. The van der Waals surface area contributed by atoms with Crippen LogP contribution in [-0.4, -0.2) is 36.3 Å². The number of hydrogen-bond acceptors (Lipinski definition) is 2. The zero-order chi connectivity index (χ0) is 18.2. The Kier molecular flexibility index (Phi) is 6.69. The van der Waals surface area contributed by atoms with Gasteiger partial charge in [0.05, 0.1) is 0 Å². The molecule has 0 bridgehead atoms. The van der Waals surface area contributed by atoms with Crippen LogP contribution < -0.4 is 5.32 Å². The maximum absolute atomic E-state index is 12.9. The third-order valence-corrected chi connectivity index (χ3v) is 4.01. The molecule has 0 atom stereocenters. The van der Waals surface area contributed by atoms with E-state index in [0.717, 1.165) is 11.1 Å². The van der Waals surface area contributed by atoms with Gasteiger partial charge in [-0.3, -0.25) is 9.59 Å². The predicted molar refractivity (Wildman–Crippen MR) is 95.9 cm³/mol. The molecule has 5 heteroatoms. The normalized spacial score (nSPS) is 10.4. The van der Waals surface area contributed by atoms with Crippen molar-refractivity contribution in [1.82, 2.24) is 10.2 Å². The molecule has 4 nitrogen and oxygen atoms in total. The van der Waals surface area contributed by atoms with Crippen molar-refractivity contribution in [2.45, 2.75) is 20.3 Å². The Hall–Kier alpha value is -2.69. The Morgan fingerprint density at radius 3 is 2.24 bits per heavy atom. The van der Waals surface area contributed by atoms with Crippen molar-refractivity contribution in [2.24, 2.45) is 0 Å². The molecule has 25 heavy (non-hydrogen) atoms. The molecular weight excluding hydrogens is 319 g/mol. The van der Waals surface area contributed by atoms with Gasteiger partial charge in [-0.1, -0.05) is 29.8 Å². The molecule has 0 fully saturated rings. The standard InChI is InChI=1S/C20H23FN2O2/c1-15-3-7-18(8-4-15)20(25)22-12-14-23(16(2)24)13-11-17-5-9-19(21)10-6-17/h3-10H,11-14H2,1-2H3,(H,22,25). The van der Waals surface area contributed by atoms with Crippen molar-refractivity contribution < 1.29 is 14.0 Å². The van der Waals surface area contributed by atoms with E-state index in [-0.39, 0.29) is 17.6 Å². The zero-order valence-electron chi connectivity index (χ0n) is 14.6. The second-order valence-electron chi connectivity index (χ2n) is 6.00. The van der Waals surface area contributed by atoms with Crippen LogP contribution >= 0.6 is 0 Å². The number of nitrogens with one attached hydrogen (secondary N) is 1. The molecule has 132 valence electrons. The van der Waals surface area contributed by atoms with E-state index in [1.165, 1.54) is 19.1 Å². The number of aryl methyl sites for hydroxylation is 1. The molecule has 1 N–H and O–H groups in total. The molecule has 0 saturated heterocycles. The number of halogens is 1. The molecule has 0 spiro atoms. The van der Waals surface area contributed by atoms with Gasteiger partial charge in [0.15, 0.2) is 0 Å². The number of benzene rings is 2. The Labute approximate surface area is 147 Å². The van der Waals surface area contributed by atoms with Crippen molar-refractivity contribution in [2.75, 3.05) is 19.6 Å². The van der Waals surface area contributed by atoms with Gasteiger partial charge in [-0.05, 0) is 43.2 Å². The molecule has 0 aromatic heterocycles. The topological polar surface area (TPSA) is 49.4 Å². The van der Waals surface area contributed by atoms with Gasteiger partial charge in [-0.25, -0.2) is 4.39 Å². The second-order valence-corrected chi connectivity index (χ2v) is 6.00. The van der Waals surface area contributed by atoms with Crippen LogP contribution in [0.15, 0.2) is 48.5 Å². The molecule has 2 amide bonds. The Morgan fingerprint density at radius 1 is 1.00 bits per heavy atom. The Bertz CT molecular complexity index is 711. The zero-order valence-corrected chi connectivity index (χ0v) is 14.6. The van der Waals surface area contributed by atoms with E-state index < -0.39 is 0 Å². The molecule has 2 rings (SSSR count). The van der Waals surface area contributed by atoms with Gasteiger partial charge in [-0.2, -0.15) is 0 Å². The minimum atomic E-state index is -0.272. The maximum atomic E-state index is 12.9. The van der Waals surface area contributed by atoms with E-state index in [1.807, 2.05) is 19.1 Å². The summed E-state index contributed by atoms with van der Waals surface area (Å²) in [5, 5.41) is 2.83. The average Bonchev–Trinajstić information content (AvgIpc) is 2.59. The third kappa shape index (κ3) is 6.03. The highest BCUT2D eigenvalue weighted by atomic mass is 19.1. The lowest BCUT2D eigenvalue weighted by molar-refractivity contribution is -0.128. The van der Waals surface area contributed by atoms with Crippen LogP contribution in [0.25, 0.3) is 0 Å². The van der Waals surface area contributed by atoms with E-state index in [9.17, 15) is 14.0 Å². The fourth-order valence-electron chi connectivity index (χ4n) is 2.45. The van der Waals surface area contributed by atoms with Crippen LogP contribution in [-0.2, 0) is 11.2 Å². The van der Waals surface area contributed by atoms with Crippen LogP contribution in [0, 0.1) is 12.7 Å². The molecule has 0 heterocycles. The Balaban J connectivity index is 1.80. The molecule has 0 aliphatic heterocycles. The number of nitrogens with zero attached hydrogens (tertiary/aromatic N) is 1. The third-order valence-electron chi connectivity index (χ3n) is 4.01. The second kappa shape index (κ2) is 8.97. The van der Waals surface area contributed by atoms with Crippen molar-refractivity contribution in [3.8, 4) is 0 Å². The van der Waals surface area contributed by atoms with Crippen molar-refractivity contribution in [3.05, 3.63) is 71.0 Å². The first-order valence-corrected chi connectivity index (χ1v) is 8.30. The largest absolute Gasteiger partial charge is 0.350 e. The quantitative estimate of drug-likeness (QED) is 0.841. The van der Waals surface area contributed by atoms with Crippen LogP contribution in [0.5, 0.6) is 0 Å². The lowest BCUT2D eigenvalue weighted by Crippen LogP contribution is -2.38. The number of amides is 2. The van der Waals surface area contributed by atoms with Crippen molar-refractivity contribution in [1.29, 1.82) is 0 Å². The summed E-state index contributed by atoms with van der Waals surface area (Å²) >= 11 is 0. The van der Waals surface area contributed by atoms with Crippen LogP contribution in [0.2, 0.25) is 0 Å². The van der Waals surface area contributed by atoms with E-state index in [1.54, 1.807) is 29.2 Å². The summed E-state index contributed by atoms with van der Waals surface area (Å²) < 4.78 is 12.9. The minimum absolute atomic E-state index is 0.0494. The van der Waals surface area contributed by atoms with Gasteiger partial charge in [0, 0.05) is 32.1 Å². The number of carbonyl (C=O) groups is 2.